The highest BCUT2D eigenvalue weighted by atomic mass is 79.9. The van der Waals surface area contributed by atoms with E-state index >= 15 is 0 Å². The third kappa shape index (κ3) is 3.41. The Kier molecular flexibility index (Phi) is 5.22. The smallest absolute Gasteiger partial charge is 0.230 e. The van der Waals surface area contributed by atoms with Crippen LogP contribution in [0.2, 0.25) is 0 Å². The highest BCUT2D eigenvalue weighted by Gasteiger charge is 2.41. The van der Waals surface area contributed by atoms with Gasteiger partial charge in [-0.1, -0.05) is 41.9 Å². The molecular formula is C16H22BrNO2. The van der Waals surface area contributed by atoms with Crippen molar-refractivity contribution >= 4 is 21.8 Å². The first kappa shape index (κ1) is 15.5. The van der Waals surface area contributed by atoms with Gasteiger partial charge < -0.3 is 10.1 Å². The van der Waals surface area contributed by atoms with Crippen LogP contribution in [-0.4, -0.2) is 25.7 Å². The minimum atomic E-state index is -0.437. The molecule has 1 aromatic rings. The summed E-state index contributed by atoms with van der Waals surface area (Å²) in [5.74, 6) is 0.595. The van der Waals surface area contributed by atoms with E-state index in [1.54, 1.807) is 0 Å². The number of rotatable bonds is 4. The molecule has 0 atom stereocenters. The van der Waals surface area contributed by atoms with Crippen LogP contribution < -0.4 is 5.32 Å². The quantitative estimate of drug-likeness (QED) is 0.914. The molecule has 20 heavy (non-hydrogen) atoms. The van der Waals surface area contributed by atoms with E-state index in [1.165, 1.54) is 0 Å². The molecule has 1 N–H and O–H groups in total. The van der Waals surface area contributed by atoms with Crippen molar-refractivity contribution in [1.29, 1.82) is 0 Å². The van der Waals surface area contributed by atoms with E-state index in [0.29, 0.717) is 19.1 Å². The van der Waals surface area contributed by atoms with Crippen molar-refractivity contribution in [3.8, 4) is 0 Å². The molecule has 2 rings (SSSR count). The van der Waals surface area contributed by atoms with Gasteiger partial charge in [-0.3, -0.25) is 4.79 Å². The summed E-state index contributed by atoms with van der Waals surface area (Å²) in [7, 11) is 0. The SMILES string of the molecule is CC(C)CNC(=O)C1(c2ccc(Br)cc2)CCOCC1. The Morgan fingerprint density at radius 1 is 1.30 bits per heavy atom. The number of hydrogen-bond acceptors (Lipinski definition) is 2. The number of carbonyl (C=O) groups is 1. The zero-order valence-electron chi connectivity index (χ0n) is 12.1. The van der Waals surface area contributed by atoms with Crippen LogP contribution in [0, 0.1) is 5.92 Å². The van der Waals surface area contributed by atoms with Gasteiger partial charge in [0, 0.05) is 24.2 Å². The van der Waals surface area contributed by atoms with Crippen molar-refractivity contribution < 1.29 is 9.53 Å². The van der Waals surface area contributed by atoms with Gasteiger partial charge in [-0.15, -0.1) is 0 Å². The lowest BCUT2D eigenvalue weighted by atomic mass is 9.73. The first-order valence-corrected chi connectivity index (χ1v) is 7.96. The van der Waals surface area contributed by atoms with Gasteiger partial charge in [0.25, 0.3) is 0 Å². The fourth-order valence-corrected chi connectivity index (χ4v) is 2.87. The van der Waals surface area contributed by atoms with Crippen molar-refractivity contribution in [2.75, 3.05) is 19.8 Å². The summed E-state index contributed by atoms with van der Waals surface area (Å²) in [6.07, 6.45) is 1.50. The third-order valence-corrected chi connectivity index (χ3v) is 4.38. The van der Waals surface area contributed by atoms with Gasteiger partial charge in [0.15, 0.2) is 0 Å². The Morgan fingerprint density at radius 3 is 2.45 bits per heavy atom. The average Bonchev–Trinajstić information content (AvgIpc) is 2.46. The lowest BCUT2D eigenvalue weighted by Gasteiger charge is -2.36. The van der Waals surface area contributed by atoms with Crippen molar-refractivity contribution in [2.45, 2.75) is 32.1 Å². The van der Waals surface area contributed by atoms with E-state index in [2.05, 4.69) is 35.1 Å². The van der Waals surface area contributed by atoms with Crippen LogP contribution in [0.4, 0.5) is 0 Å². The molecule has 0 saturated carbocycles. The van der Waals surface area contributed by atoms with E-state index < -0.39 is 5.41 Å². The molecule has 0 spiro atoms. The minimum Gasteiger partial charge on any atom is -0.381 e. The summed E-state index contributed by atoms with van der Waals surface area (Å²) in [4.78, 5) is 12.7. The molecule has 110 valence electrons. The largest absolute Gasteiger partial charge is 0.381 e. The number of nitrogens with one attached hydrogen (secondary N) is 1. The zero-order valence-corrected chi connectivity index (χ0v) is 13.7. The van der Waals surface area contributed by atoms with Crippen LogP contribution in [0.3, 0.4) is 0 Å². The van der Waals surface area contributed by atoms with Gasteiger partial charge in [-0.05, 0) is 36.5 Å². The molecule has 1 fully saturated rings. The molecule has 1 aromatic carbocycles. The molecular weight excluding hydrogens is 318 g/mol. The van der Waals surface area contributed by atoms with Gasteiger partial charge >= 0.3 is 0 Å². The molecule has 1 amide bonds. The maximum atomic E-state index is 12.7. The van der Waals surface area contributed by atoms with Crippen molar-refractivity contribution in [1.82, 2.24) is 5.32 Å². The monoisotopic (exact) mass is 339 g/mol. The van der Waals surface area contributed by atoms with Crippen molar-refractivity contribution in [3.05, 3.63) is 34.3 Å². The maximum Gasteiger partial charge on any atom is 0.230 e. The van der Waals surface area contributed by atoms with E-state index in [4.69, 9.17) is 4.74 Å². The van der Waals surface area contributed by atoms with E-state index in [0.717, 1.165) is 29.4 Å². The average molecular weight is 340 g/mol. The Balaban J connectivity index is 2.25. The Hall–Kier alpha value is -0.870. The van der Waals surface area contributed by atoms with Crippen LogP contribution in [0.1, 0.15) is 32.3 Å². The number of hydrogen-bond donors (Lipinski definition) is 1. The fourth-order valence-electron chi connectivity index (χ4n) is 2.60. The van der Waals surface area contributed by atoms with Gasteiger partial charge in [0.05, 0.1) is 5.41 Å². The second-order valence-corrected chi connectivity index (χ2v) is 6.72. The second-order valence-electron chi connectivity index (χ2n) is 5.81. The Morgan fingerprint density at radius 2 is 1.90 bits per heavy atom. The lowest BCUT2D eigenvalue weighted by molar-refractivity contribution is -0.130. The van der Waals surface area contributed by atoms with Crippen LogP contribution in [-0.2, 0) is 14.9 Å². The molecule has 1 aliphatic rings. The van der Waals surface area contributed by atoms with Crippen molar-refractivity contribution in [2.24, 2.45) is 5.92 Å². The molecule has 1 heterocycles. The predicted molar refractivity (Wildman–Crippen MR) is 83.7 cm³/mol. The molecule has 3 nitrogen and oxygen atoms in total. The molecule has 0 bridgehead atoms. The molecule has 1 aliphatic heterocycles. The number of amides is 1. The number of carbonyl (C=O) groups excluding carboxylic acids is 1. The summed E-state index contributed by atoms with van der Waals surface area (Å²) in [5, 5.41) is 3.10. The predicted octanol–water partition coefficient (Wildman–Crippen LogP) is 3.27. The normalized spacial score (nSPS) is 18.0. The van der Waals surface area contributed by atoms with Gasteiger partial charge in [0.1, 0.15) is 0 Å². The maximum absolute atomic E-state index is 12.7. The van der Waals surface area contributed by atoms with Gasteiger partial charge in [-0.2, -0.15) is 0 Å². The van der Waals surface area contributed by atoms with Crippen LogP contribution in [0.5, 0.6) is 0 Å². The molecule has 1 saturated heterocycles. The van der Waals surface area contributed by atoms with Gasteiger partial charge in [0.2, 0.25) is 5.91 Å². The minimum absolute atomic E-state index is 0.136. The highest BCUT2D eigenvalue weighted by Crippen LogP contribution is 2.35. The number of halogens is 1. The highest BCUT2D eigenvalue weighted by molar-refractivity contribution is 9.10. The molecule has 0 radical (unpaired) electrons. The summed E-state index contributed by atoms with van der Waals surface area (Å²) in [6, 6.07) is 8.10. The summed E-state index contributed by atoms with van der Waals surface area (Å²) >= 11 is 3.45. The molecule has 0 unspecified atom stereocenters. The van der Waals surface area contributed by atoms with Gasteiger partial charge in [-0.25, -0.2) is 0 Å². The Bertz CT molecular complexity index is 450. The molecule has 0 aromatic heterocycles. The standard InChI is InChI=1S/C16H22BrNO2/c1-12(2)11-18-15(19)16(7-9-20-10-8-16)13-3-5-14(17)6-4-13/h3-6,12H,7-11H2,1-2H3,(H,18,19). The summed E-state index contributed by atoms with van der Waals surface area (Å²) in [6.45, 7) is 6.22. The van der Waals surface area contributed by atoms with E-state index in [-0.39, 0.29) is 5.91 Å². The lowest BCUT2D eigenvalue weighted by Crippen LogP contribution is -2.48. The first-order chi connectivity index (χ1) is 9.54. The van der Waals surface area contributed by atoms with Crippen LogP contribution >= 0.6 is 15.9 Å². The molecule has 0 aliphatic carbocycles. The molecule has 4 heteroatoms. The first-order valence-electron chi connectivity index (χ1n) is 7.17. The zero-order chi connectivity index (χ0) is 14.6. The topological polar surface area (TPSA) is 38.3 Å². The number of benzene rings is 1. The van der Waals surface area contributed by atoms with Crippen molar-refractivity contribution in [3.63, 3.8) is 0 Å². The third-order valence-electron chi connectivity index (χ3n) is 3.85. The Labute approximate surface area is 129 Å². The van der Waals surface area contributed by atoms with E-state index in [9.17, 15) is 4.79 Å². The van der Waals surface area contributed by atoms with E-state index in [1.807, 2.05) is 24.3 Å². The van der Waals surface area contributed by atoms with Crippen LogP contribution in [0.25, 0.3) is 0 Å². The number of ether oxygens (including phenoxy) is 1. The van der Waals surface area contributed by atoms with Crippen LogP contribution in [0.15, 0.2) is 28.7 Å². The summed E-state index contributed by atoms with van der Waals surface area (Å²) < 4.78 is 6.49. The second kappa shape index (κ2) is 6.72. The summed E-state index contributed by atoms with van der Waals surface area (Å²) in [5.41, 5.74) is 0.652. The fraction of sp³-hybridized carbons (Fsp3) is 0.562.